The maximum absolute atomic E-state index is 11.6. The number of halogens is 2. The number of carbonyl (C=O) groups is 2. The Morgan fingerprint density at radius 1 is 1.21 bits per heavy atom. The van der Waals surface area contributed by atoms with Crippen molar-refractivity contribution < 1.29 is 14.7 Å². The van der Waals surface area contributed by atoms with Gasteiger partial charge >= 0.3 is 0 Å². The molecule has 0 saturated heterocycles. The second-order valence-corrected chi connectivity index (χ2v) is 4.89. The molecule has 0 aliphatic carbocycles. The van der Waals surface area contributed by atoms with Crippen molar-refractivity contribution in [1.82, 2.24) is 0 Å². The van der Waals surface area contributed by atoms with Gasteiger partial charge in [-0.25, -0.2) is 0 Å². The van der Waals surface area contributed by atoms with E-state index in [9.17, 15) is 9.59 Å². The number of Topliss-reactive ketones (excluding diaryl/α,β-unsaturated/α-hetero) is 1. The summed E-state index contributed by atoms with van der Waals surface area (Å²) in [5.41, 5.74) is 0.437. The van der Waals surface area contributed by atoms with Gasteiger partial charge in [0.2, 0.25) is 3.79 Å². The third-order valence-corrected chi connectivity index (χ3v) is 4.53. The highest BCUT2D eigenvalue weighted by Crippen LogP contribution is 2.17. The smallest absolute Gasteiger partial charge is 0.212 e. The van der Waals surface area contributed by atoms with Crippen molar-refractivity contribution in [3.8, 4) is 5.75 Å². The Morgan fingerprint density at radius 2 is 1.71 bits per heavy atom. The number of ketones is 1. The molecule has 0 aliphatic rings. The molecule has 1 N–H and O–H groups in total. The molecule has 1 aromatic rings. The lowest BCUT2D eigenvalue weighted by Gasteiger charge is -2.03. The third kappa shape index (κ3) is 2.91. The van der Waals surface area contributed by atoms with E-state index in [4.69, 9.17) is 5.11 Å². The van der Waals surface area contributed by atoms with Crippen LogP contribution in [-0.2, 0) is 4.79 Å². The molecule has 0 bridgehead atoms. The van der Waals surface area contributed by atoms with Crippen LogP contribution in [0.5, 0.6) is 5.75 Å². The Hall–Kier alpha value is -0.180. The number of aromatic hydroxyl groups is 1. The molecular weight excluding hydrogens is 410 g/mol. The molecule has 0 amide bonds. The molecule has 1 rings (SSSR count). The maximum atomic E-state index is 11.6. The monoisotopic (exact) mass is 416 g/mol. The van der Waals surface area contributed by atoms with E-state index in [2.05, 4.69) is 0 Å². The maximum Gasteiger partial charge on any atom is 0.212 e. The molecule has 1 atom stereocenters. The van der Waals surface area contributed by atoms with E-state index in [0.29, 0.717) is 5.56 Å². The number of alkyl halides is 1. The van der Waals surface area contributed by atoms with Gasteiger partial charge in [0.05, 0.1) is 0 Å². The molecule has 74 valence electrons. The van der Waals surface area contributed by atoms with Crippen molar-refractivity contribution in [2.45, 2.75) is 3.92 Å². The predicted octanol–water partition coefficient (Wildman–Crippen LogP) is 2.34. The Bertz CT molecular complexity index is 359. The zero-order chi connectivity index (χ0) is 10.7. The highest BCUT2D eigenvalue weighted by molar-refractivity contribution is 14.1. The highest BCUT2D eigenvalue weighted by Gasteiger charge is 2.21. The van der Waals surface area contributed by atoms with Crippen molar-refractivity contribution in [2.24, 2.45) is 0 Å². The van der Waals surface area contributed by atoms with Gasteiger partial charge in [-0.3, -0.25) is 9.59 Å². The molecule has 0 aromatic heterocycles. The minimum absolute atomic E-state index is 0.104. The summed E-state index contributed by atoms with van der Waals surface area (Å²) in [5.74, 6) is -0.127. The van der Waals surface area contributed by atoms with E-state index >= 15 is 0 Å². The molecule has 14 heavy (non-hydrogen) atoms. The Kier molecular flexibility index (Phi) is 4.30. The quantitative estimate of drug-likeness (QED) is 0.271. The van der Waals surface area contributed by atoms with Crippen molar-refractivity contribution in [3.63, 3.8) is 0 Å². The first-order valence-electron chi connectivity index (χ1n) is 3.69. The summed E-state index contributed by atoms with van der Waals surface area (Å²) in [6, 6.07) is 5.86. The van der Waals surface area contributed by atoms with Crippen LogP contribution in [0.25, 0.3) is 0 Å². The number of phenolic OH excluding ortho intramolecular Hbond substituents is 1. The summed E-state index contributed by atoms with van der Waals surface area (Å²) < 4.78 is -0.848. The predicted molar refractivity (Wildman–Crippen MR) is 69.3 cm³/mol. The van der Waals surface area contributed by atoms with Crippen LogP contribution >= 0.6 is 45.2 Å². The summed E-state index contributed by atoms with van der Waals surface area (Å²) in [7, 11) is 0. The highest BCUT2D eigenvalue weighted by atomic mass is 127. The first-order valence-corrected chi connectivity index (χ1v) is 6.01. The molecule has 0 fully saturated rings. The standard InChI is InChI=1S/C9H6I2O3/c10-7(9(11)14)8(13)5-1-3-6(12)4-2-5/h1-4,7,12H. The Labute approximate surface area is 108 Å². The van der Waals surface area contributed by atoms with Gasteiger partial charge in [0.25, 0.3) is 0 Å². The average molecular weight is 416 g/mol. The molecule has 0 radical (unpaired) electrons. The largest absolute Gasteiger partial charge is 0.508 e. The number of phenols is 1. The fraction of sp³-hybridized carbons (Fsp3) is 0.111. The summed E-state index contributed by atoms with van der Waals surface area (Å²) in [5, 5.41) is 9.00. The summed E-state index contributed by atoms with van der Waals surface area (Å²) in [6.45, 7) is 0. The van der Waals surface area contributed by atoms with Crippen LogP contribution in [0.15, 0.2) is 24.3 Å². The van der Waals surface area contributed by atoms with Crippen molar-refractivity contribution in [1.29, 1.82) is 0 Å². The van der Waals surface area contributed by atoms with Crippen LogP contribution in [0.4, 0.5) is 0 Å². The van der Waals surface area contributed by atoms with E-state index in [1.807, 2.05) is 0 Å². The molecule has 5 heteroatoms. The van der Waals surface area contributed by atoms with Gasteiger partial charge in [0, 0.05) is 28.2 Å². The summed E-state index contributed by atoms with van der Waals surface area (Å²) in [4.78, 5) is 22.5. The molecule has 1 aromatic carbocycles. The topological polar surface area (TPSA) is 54.4 Å². The number of hydrogen-bond acceptors (Lipinski definition) is 3. The summed E-state index contributed by atoms with van der Waals surface area (Å²) >= 11 is 3.40. The number of benzene rings is 1. The first kappa shape index (κ1) is 11.9. The van der Waals surface area contributed by atoms with E-state index < -0.39 is 3.92 Å². The zero-order valence-electron chi connectivity index (χ0n) is 6.91. The van der Waals surface area contributed by atoms with Gasteiger partial charge in [0.1, 0.15) is 9.67 Å². The molecule has 0 spiro atoms. The van der Waals surface area contributed by atoms with Gasteiger partial charge in [0.15, 0.2) is 5.78 Å². The molecular formula is C9H6I2O3. The summed E-state index contributed by atoms with van der Waals surface area (Å²) in [6.07, 6.45) is 0. The Morgan fingerprint density at radius 3 is 2.14 bits per heavy atom. The average Bonchev–Trinajstić information content (AvgIpc) is 2.16. The molecule has 3 nitrogen and oxygen atoms in total. The van der Waals surface area contributed by atoms with Crippen molar-refractivity contribution in [2.75, 3.05) is 0 Å². The van der Waals surface area contributed by atoms with Crippen LogP contribution < -0.4 is 0 Å². The van der Waals surface area contributed by atoms with E-state index in [-0.39, 0.29) is 15.3 Å². The van der Waals surface area contributed by atoms with E-state index in [1.54, 1.807) is 45.2 Å². The minimum Gasteiger partial charge on any atom is -0.508 e. The molecule has 0 aliphatic heterocycles. The lowest BCUT2D eigenvalue weighted by Crippen LogP contribution is -2.19. The molecule has 0 saturated carbocycles. The number of rotatable bonds is 3. The lowest BCUT2D eigenvalue weighted by molar-refractivity contribution is -0.108. The van der Waals surface area contributed by atoms with Crippen LogP contribution in [0, 0.1) is 0 Å². The normalized spacial score (nSPS) is 12.1. The fourth-order valence-electron chi connectivity index (χ4n) is 0.875. The van der Waals surface area contributed by atoms with Crippen LogP contribution in [0.1, 0.15) is 10.4 Å². The number of carbonyl (C=O) groups excluding carboxylic acids is 2. The number of hydrogen-bond donors (Lipinski definition) is 1. The van der Waals surface area contributed by atoms with Crippen LogP contribution in [-0.4, -0.2) is 18.6 Å². The molecule has 0 heterocycles. The fourth-order valence-corrected chi connectivity index (χ4v) is 1.52. The van der Waals surface area contributed by atoms with Crippen molar-refractivity contribution in [3.05, 3.63) is 29.8 Å². The third-order valence-electron chi connectivity index (χ3n) is 1.58. The SMILES string of the molecule is O=C(I)C(I)C(=O)c1ccc(O)cc1. The second kappa shape index (κ2) is 5.06. The zero-order valence-corrected chi connectivity index (χ0v) is 11.2. The lowest BCUT2D eigenvalue weighted by atomic mass is 10.1. The first-order chi connectivity index (χ1) is 6.52. The van der Waals surface area contributed by atoms with Gasteiger partial charge in [-0.15, -0.1) is 0 Å². The van der Waals surface area contributed by atoms with Gasteiger partial charge in [-0.2, -0.15) is 0 Å². The second-order valence-electron chi connectivity index (χ2n) is 2.58. The van der Waals surface area contributed by atoms with Gasteiger partial charge in [-0.05, 0) is 24.3 Å². The van der Waals surface area contributed by atoms with Gasteiger partial charge < -0.3 is 5.11 Å². The minimum atomic E-state index is -0.655. The van der Waals surface area contributed by atoms with Crippen molar-refractivity contribution >= 4 is 54.8 Å². The molecule has 1 unspecified atom stereocenters. The van der Waals surface area contributed by atoms with Crippen LogP contribution in [0.3, 0.4) is 0 Å². The Balaban J connectivity index is 2.90. The van der Waals surface area contributed by atoms with E-state index in [0.717, 1.165) is 0 Å². The van der Waals surface area contributed by atoms with Crippen LogP contribution in [0.2, 0.25) is 0 Å². The van der Waals surface area contributed by atoms with Gasteiger partial charge in [-0.1, -0.05) is 22.6 Å². The van der Waals surface area contributed by atoms with E-state index in [1.165, 1.54) is 24.3 Å².